The Kier molecular flexibility index (Phi) is 6.84. The van der Waals surface area contributed by atoms with Crippen molar-refractivity contribution in [2.75, 3.05) is 6.61 Å². The molecule has 0 aromatic heterocycles. The lowest BCUT2D eigenvalue weighted by Crippen LogP contribution is -2.47. The first kappa shape index (κ1) is 21.5. The number of ether oxygens (including phenoxy) is 1. The summed E-state index contributed by atoms with van der Waals surface area (Å²) in [5.74, 6) is -4.48. The third-order valence-electron chi connectivity index (χ3n) is 5.06. The Morgan fingerprint density at radius 2 is 1.79 bits per heavy atom. The molecule has 0 radical (unpaired) electrons. The van der Waals surface area contributed by atoms with Crippen LogP contribution in [0.1, 0.15) is 40.0 Å². The first-order valence-corrected chi connectivity index (χ1v) is 9.34. The summed E-state index contributed by atoms with van der Waals surface area (Å²) in [5, 5.41) is 16.4. The highest BCUT2D eigenvalue weighted by atomic mass is 16.5. The van der Waals surface area contributed by atoms with Gasteiger partial charge in [0.2, 0.25) is 11.8 Å². The van der Waals surface area contributed by atoms with Gasteiger partial charge in [0.1, 0.15) is 12.0 Å². The zero-order valence-electron chi connectivity index (χ0n) is 16.3. The molecule has 1 saturated heterocycles. The number of fused-ring (bicyclic) bond motifs is 1. The van der Waals surface area contributed by atoms with Gasteiger partial charge in [-0.2, -0.15) is 5.26 Å². The first-order valence-electron chi connectivity index (χ1n) is 9.34. The number of hydrogen-bond donors (Lipinski definition) is 1. The molecule has 0 spiro atoms. The number of amides is 2. The maximum Gasteiger partial charge on any atom is 0.329 e. The van der Waals surface area contributed by atoms with Gasteiger partial charge in [0.25, 0.3) is 0 Å². The number of allylic oxidation sites excluding steroid dienone is 2. The van der Waals surface area contributed by atoms with E-state index in [9.17, 15) is 19.2 Å². The van der Waals surface area contributed by atoms with E-state index in [-0.39, 0.29) is 29.9 Å². The van der Waals surface area contributed by atoms with Crippen molar-refractivity contribution in [1.29, 1.82) is 10.7 Å². The molecule has 0 bridgehead atoms. The lowest BCUT2D eigenvalue weighted by Gasteiger charge is -2.26. The SMILES string of the molecule is CC(=N)[C@@H](C#N)C(=O)COC(=O)[C@H](CC(C)C)N1C(=O)[C@H]2CC=CC[C@@H]2C1=O. The van der Waals surface area contributed by atoms with Crippen LogP contribution in [0.15, 0.2) is 12.2 Å². The lowest BCUT2D eigenvalue weighted by molar-refractivity contribution is -0.161. The molecule has 2 rings (SSSR count). The summed E-state index contributed by atoms with van der Waals surface area (Å²) < 4.78 is 5.06. The number of imide groups is 1. The number of carbonyl (C=O) groups excluding carboxylic acids is 4. The van der Waals surface area contributed by atoms with E-state index in [4.69, 9.17) is 15.4 Å². The van der Waals surface area contributed by atoms with Crippen LogP contribution < -0.4 is 0 Å². The van der Waals surface area contributed by atoms with Crippen LogP contribution in [-0.4, -0.2) is 46.8 Å². The number of carbonyl (C=O) groups is 4. The minimum Gasteiger partial charge on any atom is -0.456 e. The van der Waals surface area contributed by atoms with Crippen LogP contribution in [-0.2, 0) is 23.9 Å². The molecule has 150 valence electrons. The van der Waals surface area contributed by atoms with Gasteiger partial charge in [-0.15, -0.1) is 0 Å². The molecule has 0 saturated carbocycles. The fourth-order valence-corrected chi connectivity index (χ4v) is 3.62. The second-order valence-corrected chi connectivity index (χ2v) is 7.67. The van der Waals surface area contributed by atoms with Gasteiger partial charge in [0, 0.05) is 5.71 Å². The average molecular weight is 387 g/mol. The van der Waals surface area contributed by atoms with E-state index >= 15 is 0 Å². The van der Waals surface area contributed by atoms with Gasteiger partial charge >= 0.3 is 5.97 Å². The lowest BCUT2D eigenvalue weighted by atomic mass is 9.85. The van der Waals surface area contributed by atoms with Gasteiger partial charge in [-0.1, -0.05) is 26.0 Å². The van der Waals surface area contributed by atoms with Gasteiger partial charge in [-0.05, 0) is 32.1 Å². The number of esters is 1. The molecule has 1 heterocycles. The molecule has 0 aromatic rings. The molecule has 2 amide bonds. The number of Topliss-reactive ketones (excluding diaryl/α,β-unsaturated/α-hetero) is 1. The zero-order chi connectivity index (χ0) is 21.0. The van der Waals surface area contributed by atoms with Crippen molar-refractivity contribution in [3.05, 3.63) is 12.2 Å². The summed E-state index contributed by atoms with van der Waals surface area (Å²) in [5.41, 5.74) is -0.135. The van der Waals surface area contributed by atoms with Crippen molar-refractivity contribution in [3.63, 3.8) is 0 Å². The first-order chi connectivity index (χ1) is 13.2. The number of rotatable bonds is 8. The van der Waals surface area contributed by atoms with Crippen LogP contribution in [0.3, 0.4) is 0 Å². The van der Waals surface area contributed by atoms with Crippen LogP contribution in [0.2, 0.25) is 0 Å². The van der Waals surface area contributed by atoms with Crippen molar-refractivity contribution in [3.8, 4) is 6.07 Å². The highest BCUT2D eigenvalue weighted by Gasteiger charge is 2.51. The molecular formula is C20H25N3O5. The fraction of sp³-hybridized carbons (Fsp3) is 0.600. The van der Waals surface area contributed by atoms with Gasteiger partial charge in [0.05, 0.1) is 17.9 Å². The number of nitrogens with zero attached hydrogens (tertiary/aromatic N) is 2. The largest absolute Gasteiger partial charge is 0.456 e. The Labute approximate surface area is 164 Å². The molecule has 8 heteroatoms. The molecule has 1 aliphatic heterocycles. The third kappa shape index (κ3) is 4.35. The van der Waals surface area contributed by atoms with Gasteiger partial charge < -0.3 is 10.1 Å². The molecule has 4 atom stereocenters. The summed E-state index contributed by atoms with van der Waals surface area (Å²) in [6.07, 6.45) is 4.90. The molecule has 1 aliphatic carbocycles. The molecular weight excluding hydrogens is 362 g/mol. The van der Waals surface area contributed by atoms with Crippen molar-refractivity contribution in [1.82, 2.24) is 4.90 Å². The van der Waals surface area contributed by atoms with E-state index in [1.54, 1.807) is 6.07 Å². The topological polar surface area (TPSA) is 128 Å². The Bertz CT molecular complexity index is 738. The van der Waals surface area contributed by atoms with Crippen molar-refractivity contribution >= 4 is 29.3 Å². The summed E-state index contributed by atoms with van der Waals surface area (Å²) in [7, 11) is 0. The van der Waals surface area contributed by atoms with Crippen LogP contribution in [0.4, 0.5) is 0 Å². The molecule has 28 heavy (non-hydrogen) atoms. The fourth-order valence-electron chi connectivity index (χ4n) is 3.62. The van der Waals surface area contributed by atoms with Crippen LogP contribution in [0, 0.1) is 40.4 Å². The minimum absolute atomic E-state index is 0.00489. The molecule has 1 fully saturated rings. The highest BCUT2D eigenvalue weighted by Crippen LogP contribution is 2.37. The van der Waals surface area contributed by atoms with Crippen molar-refractivity contribution in [2.24, 2.45) is 23.7 Å². The molecule has 2 aliphatic rings. The number of nitriles is 1. The number of likely N-dealkylation sites (tertiary alicyclic amines) is 1. The summed E-state index contributed by atoms with van der Waals surface area (Å²) in [6.45, 7) is 4.36. The minimum atomic E-state index is -1.28. The van der Waals surface area contributed by atoms with Crippen LogP contribution in [0.25, 0.3) is 0 Å². The normalized spacial score (nSPS) is 23.2. The Balaban J connectivity index is 2.15. The summed E-state index contributed by atoms with van der Waals surface area (Å²) in [6, 6.07) is 0.601. The monoisotopic (exact) mass is 387 g/mol. The van der Waals surface area contributed by atoms with Crippen molar-refractivity contribution in [2.45, 2.75) is 46.1 Å². The second-order valence-electron chi connectivity index (χ2n) is 7.67. The molecule has 0 unspecified atom stereocenters. The predicted molar refractivity (Wildman–Crippen MR) is 98.9 cm³/mol. The number of ketones is 1. The number of hydrogen-bond acceptors (Lipinski definition) is 7. The van der Waals surface area contributed by atoms with Crippen LogP contribution >= 0.6 is 0 Å². The third-order valence-corrected chi connectivity index (χ3v) is 5.06. The smallest absolute Gasteiger partial charge is 0.329 e. The Hall–Kier alpha value is -2.82. The molecule has 8 nitrogen and oxygen atoms in total. The highest BCUT2D eigenvalue weighted by molar-refractivity contribution is 6.09. The van der Waals surface area contributed by atoms with Gasteiger partial charge in [-0.3, -0.25) is 19.3 Å². The standard InChI is InChI=1S/C20H25N3O5/c1-11(2)8-16(20(27)28-10-17(24)15(9-21)12(3)22)23-18(25)13-6-4-5-7-14(13)19(23)26/h4-5,11,13-16,22H,6-8,10H2,1-3H3/t13-,14-,15+,16-/m0/s1. The zero-order valence-corrected chi connectivity index (χ0v) is 16.3. The molecule has 1 N–H and O–H groups in total. The van der Waals surface area contributed by atoms with Crippen molar-refractivity contribution < 1.29 is 23.9 Å². The van der Waals surface area contributed by atoms with Gasteiger partial charge in [0.15, 0.2) is 12.4 Å². The van der Waals surface area contributed by atoms with E-state index in [1.165, 1.54) is 6.92 Å². The van der Waals surface area contributed by atoms with Gasteiger partial charge in [-0.25, -0.2) is 4.79 Å². The van der Waals surface area contributed by atoms with E-state index in [1.807, 2.05) is 26.0 Å². The Morgan fingerprint density at radius 3 is 2.21 bits per heavy atom. The quantitative estimate of drug-likeness (QED) is 0.292. The Morgan fingerprint density at radius 1 is 1.25 bits per heavy atom. The van der Waals surface area contributed by atoms with E-state index < -0.39 is 42.2 Å². The van der Waals surface area contributed by atoms with E-state index in [0.717, 1.165) is 4.90 Å². The van der Waals surface area contributed by atoms with E-state index in [2.05, 4.69) is 0 Å². The summed E-state index contributed by atoms with van der Waals surface area (Å²) >= 11 is 0. The van der Waals surface area contributed by atoms with E-state index in [0.29, 0.717) is 12.8 Å². The maximum absolute atomic E-state index is 12.8. The predicted octanol–water partition coefficient (Wildman–Crippen LogP) is 1.64. The summed E-state index contributed by atoms with van der Waals surface area (Å²) in [4.78, 5) is 51.3. The van der Waals surface area contributed by atoms with Crippen LogP contribution in [0.5, 0.6) is 0 Å². The number of nitrogens with one attached hydrogen (secondary N) is 1. The second kappa shape index (κ2) is 8.91. The molecule has 0 aromatic carbocycles. The maximum atomic E-state index is 12.8. The average Bonchev–Trinajstić information content (AvgIpc) is 2.89.